The highest BCUT2D eigenvalue weighted by Gasteiger charge is 2.18. The fourth-order valence-corrected chi connectivity index (χ4v) is 2.10. The first-order valence-corrected chi connectivity index (χ1v) is 5.84. The molecule has 1 aliphatic heterocycles. The molecule has 1 aliphatic rings. The van der Waals surface area contributed by atoms with Gasteiger partial charge in [-0.2, -0.15) is 0 Å². The number of carbonyl (C=O) groups excluding carboxylic acids is 1. The van der Waals surface area contributed by atoms with Crippen molar-refractivity contribution in [2.75, 3.05) is 19.6 Å². The number of benzene rings is 1. The summed E-state index contributed by atoms with van der Waals surface area (Å²) >= 11 is 0. The van der Waals surface area contributed by atoms with Gasteiger partial charge in [0.05, 0.1) is 32.5 Å². The van der Waals surface area contributed by atoms with Gasteiger partial charge < -0.3 is 4.90 Å². The molecule has 86 valence electrons. The summed E-state index contributed by atoms with van der Waals surface area (Å²) in [5.74, 6) is 0.213. The minimum absolute atomic E-state index is 0.181. The Balaban J connectivity index is 1.79. The van der Waals surface area contributed by atoms with Crippen molar-refractivity contribution in [1.29, 1.82) is 0 Å². The first kappa shape index (κ1) is 11.3. The second-order valence-electron chi connectivity index (χ2n) is 4.42. The number of Topliss-reactive ketones (excluding diaryl/α,β-unsaturated/α-hetero) is 1. The summed E-state index contributed by atoms with van der Waals surface area (Å²) in [5.41, 5.74) is 1.17. The largest absolute Gasteiger partial charge is 0.334 e. The first-order valence-electron chi connectivity index (χ1n) is 5.84. The predicted molar refractivity (Wildman–Crippen MR) is 59.9 cm³/mol. The van der Waals surface area contributed by atoms with Crippen LogP contribution in [-0.2, 0) is 11.2 Å². The van der Waals surface area contributed by atoms with Crippen molar-refractivity contribution < 1.29 is 14.1 Å². The molecule has 1 aromatic rings. The molecule has 3 heteroatoms. The molecule has 0 aromatic heterocycles. The van der Waals surface area contributed by atoms with E-state index in [1.165, 1.54) is 22.6 Å². The van der Waals surface area contributed by atoms with Crippen LogP contribution in [0, 0.1) is 5.82 Å². The Morgan fingerprint density at radius 1 is 1.12 bits per heavy atom. The van der Waals surface area contributed by atoms with Crippen LogP contribution in [0.15, 0.2) is 24.3 Å². The monoisotopic (exact) mass is 222 g/mol. The van der Waals surface area contributed by atoms with Gasteiger partial charge in [0.25, 0.3) is 0 Å². The second kappa shape index (κ2) is 5.21. The summed E-state index contributed by atoms with van der Waals surface area (Å²) in [4.78, 5) is 12.6. The summed E-state index contributed by atoms with van der Waals surface area (Å²) < 4.78 is 12.7. The molecule has 1 N–H and O–H groups in total. The molecular weight excluding hydrogens is 205 g/mol. The molecule has 0 spiro atoms. The average molecular weight is 222 g/mol. The number of hydrogen-bond acceptors (Lipinski definition) is 1. The van der Waals surface area contributed by atoms with Gasteiger partial charge in [-0.25, -0.2) is 4.39 Å². The number of likely N-dealkylation sites (tertiary alicyclic amines) is 1. The lowest BCUT2D eigenvalue weighted by atomic mass is 10.1. The number of rotatable bonds is 3. The molecule has 0 atom stereocenters. The number of nitrogens with one attached hydrogen (secondary N) is 1. The highest BCUT2D eigenvalue weighted by Crippen LogP contribution is 2.02. The Morgan fingerprint density at radius 3 is 2.38 bits per heavy atom. The lowest BCUT2D eigenvalue weighted by Gasteiger charge is -2.22. The van der Waals surface area contributed by atoms with Gasteiger partial charge in [0.2, 0.25) is 0 Å². The van der Waals surface area contributed by atoms with Crippen molar-refractivity contribution in [2.24, 2.45) is 0 Å². The van der Waals surface area contributed by atoms with Crippen molar-refractivity contribution in [3.63, 3.8) is 0 Å². The summed E-state index contributed by atoms with van der Waals surface area (Å²) in [6.45, 7) is 2.96. The lowest BCUT2D eigenvalue weighted by Crippen LogP contribution is -3.13. The van der Waals surface area contributed by atoms with Gasteiger partial charge in [0.1, 0.15) is 11.6 Å². The number of piperidine rings is 1. The van der Waals surface area contributed by atoms with Crippen LogP contribution in [-0.4, -0.2) is 25.4 Å². The Morgan fingerprint density at radius 2 is 1.75 bits per heavy atom. The molecule has 1 heterocycles. The smallest absolute Gasteiger partial charge is 0.144 e. The maximum atomic E-state index is 12.7. The predicted octanol–water partition coefficient (Wildman–Crippen LogP) is 0.616. The van der Waals surface area contributed by atoms with Crippen LogP contribution in [0.1, 0.15) is 18.4 Å². The van der Waals surface area contributed by atoms with Crippen LogP contribution < -0.4 is 4.90 Å². The molecule has 0 radical (unpaired) electrons. The Kier molecular flexibility index (Phi) is 3.67. The summed E-state index contributed by atoms with van der Waals surface area (Å²) in [6, 6.07) is 6.68. The summed E-state index contributed by atoms with van der Waals surface area (Å²) in [6.07, 6.45) is 2.40. The molecular formula is C13H17FNO+. The maximum absolute atomic E-state index is 12.7. The Labute approximate surface area is 95.1 Å². The van der Waals surface area contributed by atoms with Gasteiger partial charge in [-0.1, -0.05) is 12.1 Å². The molecule has 0 unspecified atom stereocenters. The van der Waals surface area contributed by atoms with E-state index < -0.39 is 0 Å². The van der Waals surface area contributed by atoms with Gasteiger partial charge >= 0.3 is 0 Å². The number of halogens is 1. The lowest BCUT2D eigenvalue weighted by molar-refractivity contribution is -0.901. The quantitative estimate of drug-likeness (QED) is 0.795. The van der Waals surface area contributed by atoms with Crippen LogP contribution >= 0.6 is 0 Å². The van der Waals surface area contributed by atoms with E-state index in [4.69, 9.17) is 0 Å². The van der Waals surface area contributed by atoms with E-state index in [0.717, 1.165) is 38.9 Å². The number of carbonyl (C=O) groups is 1. The third kappa shape index (κ3) is 3.14. The normalized spacial score (nSPS) is 17.7. The number of hydrogen-bond donors (Lipinski definition) is 1. The highest BCUT2D eigenvalue weighted by molar-refractivity contribution is 5.78. The van der Waals surface area contributed by atoms with E-state index in [2.05, 4.69) is 0 Å². The first-order chi connectivity index (χ1) is 7.74. The van der Waals surface area contributed by atoms with Crippen LogP contribution in [0.2, 0.25) is 0 Å². The van der Waals surface area contributed by atoms with Crippen molar-refractivity contribution >= 4 is 5.78 Å². The van der Waals surface area contributed by atoms with Crippen molar-refractivity contribution in [1.82, 2.24) is 0 Å². The maximum Gasteiger partial charge on any atom is 0.144 e. The van der Waals surface area contributed by atoms with Crippen LogP contribution in [0.25, 0.3) is 0 Å². The van der Waals surface area contributed by atoms with Gasteiger partial charge in [0, 0.05) is 6.42 Å². The molecule has 2 rings (SSSR count). The molecule has 2 nitrogen and oxygen atoms in total. The zero-order valence-electron chi connectivity index (χ0n) is 9.34. The molecule has 0 aliphatic carbocycles. The molecule has 0 bridgehead atoms. The van der Waals surface area contributed by atoms with Crippen molar-refractivity contribution in [2.45, 2.75) is 19.3 Å². The van der Waals surface area contributed by atoms with Gasteiger partial charge in [-0.15, -0.1) is 0 Å². The van der Waals surface area contributed by atoms with E-state index in [1.54, 1.807) is 0 Å². The molecule has 1 aromatic carbocycles. The van der Waals surface area contributed by atoms with Crippen LogP contribution in [0.4, 0.5) is 4.39 Å². The topological polar surface area (TPSA) is 21.5 Å². The molecule has 0 saturated carbocycles. The summed E-state index contributed by atoms with van der Waals surface area (Å²) in [7, 11) is 0. The third-order valence-corrected chi connectivity index (χ3v) is 3.20. The van der Waals surface area contributed by atoms with Gasteiger partial charge in [-0.3, -0.25) is 4.79 Å². The third-order valence-electron chi connectivity index (χ3n) is 3.20. The zero-order valence-corrected chi connectivity index (χ0v) is 9.34. The molecule has 16 heavy (non-hydrogen) atoms. The zero-order chi connectivity index (χ0) is 11.4. The van der Waals surface area contributed by atoms with E-state index in [9.17, 15) is 9.18 Å². The fraction of sp³-hybridized carbons (Fsp3) is 0.462. The fourth-order valence-electron chi connectivity index (χ4n) is 2.10. The summed E-state index contributed by atoms with van der Waals surface area (Å²) in [5, 5.41) is 0. The molecule has 1 fully saturated rings. The molecule has 0 amide bonds. The minimum Gasteiger partial charge on any atom is -0.334 e. The molecule has 1 saturated heterocycles. The van der Waals surface area contributed by atoms with Crippen molar-refractivity contribution in [3.8, 4) is 0 Å². The van der Waals surface area contributed by atoms with Crippen LogP contribution in [0.5, 0.6) is 0 Å². The number of ketones is 1. The highest BCUT2D eigenvalue weighted by atomic mass is 19.1. The second-order valence-corrected chi connectivity index (χ2v) is 4.42. The number of quaternary nitrogens is 1. The van der Waals surface area contributed by atoms with Crippen molar-refractivity contribution in [3.05, 3.63) is 35.6 Å². The average Bonchev–Trinajstić information content (AvgIpc) is 2.30. The Hall–Kier alpha value is -1.22. The van der Waals surface area contributed by atoms with E-state index in [0.29, 0.717) is 5.78 Å². The standard InChI is InChI=1S/C13H16FNO/c14-12-3-1-11(2-4-12)5-8-15-9-6-13(16)7-10-15/h1-4H,5-10H2/p+1. The van der Waals surface area contributed by atoms with Gasteiger partial charge in [0.15, 0.2) is 0 Å². The minimum atomic E-state index is -0.181. The Bertz CT molecular complexity index is 351. The SMILES string of the molecule is O=C1CC[NH+](CCc2ccc(F)cc2)CC1. The van der Waals surface area contributed by atoms with E-state index >= 15 is 0 Å². The van der Waals surface area contributed by atoms with Gasteiger partial charge in [-0.05, 0) is 17.7 Å². The van der Waals surface area contributed by atoms with E-state index in [1.807, 2.05) is 12.1 Å². The van der Waals surface area contributed by atoms with E-state index in [-0.39, 0.29) is 5.82 Å². The van der Waals surface area contributed by atoms with Crippen LogP contribution in [0.3, 0.4) is 0 Å².